The van der Waals surface area contributed by atoms with Gasteiger partial charge in [-0.15, -0.1) is 10.2 Å². The number of carbonyl (C=O) groups excluding carboxylic acids is 1. The molecular weight excluding hydrogens is 322 g/mol. The Kier molecular flexibility index (Phi) is 8.14. The molecule has 1 aromatic heterocycles. The number of aliphatic hydroxyl groups excluding tert-OH is 1. The van der Waals surface area contributed by atoms with E-state index in [1.807, 2.05) is 13.8 Å². The van der Waals surface area contributed by atoms with E-state index in [2.05, 4.69) is 25.4 Å². The molecule has 2 heterocycles. The number of aliphatic hydroxyl groups is 1. The number of aromatic nitrogens is 3. The second kappa shape index (κ2) is 10.4. The summed E-state index contributed by atoms with van der Waals surface area (Å²) in [4.78, 5) is 11.8. The van der Waals surface area contributed by atoms with Gasteiger partial charge < -0.3 is 25.0 Å². The van der Waals surface area contributed by atoms with Gasteiger partial charge in [-0.25, -0.2) is 4.79 Å². The van der Waals surface area contributed by atoms with Crippen molar-refractivity contribution >= 4 is 6.03 Å². The highest BCUT2D eigenvalue weighted by atomic mass is 16.5. The molecule has 1 atom stereocenters. The molecule has 8 heteroatoms. The van der Waals surface area contributed by atoms with Gasteiger partial charge in [-0.1, -0.05) is 20.3 Å². The molecule has 2 rings (SSSR count). The molecule has 142 valence electrons. The van der Waals surface area contributed by atoms with Gasteiger partial charge in [0.2, 0.25) is 0 Å². The summed E-state index contributed by atoms with van der Waals surface area (Å²) in [6, 6.07) is -0.293. The van der Waals surface area contributed by atoms with Gasteiger partial charge in [0, 0.05) is 39.1 Å². The molecule has 0 saturated heterocycles. The van der Waals surface area contributed by atoms with Gasteiger partial charge in [0.25, 0.3) is 0 Å². The number of hydrogen-bond acceptors (Lipinski definition) is 5. The molecule has 0 spiro atoms. The lowest BCUT2D eigenvalue weighted by Gasteiger charge is -2.14. The van der Waals surface area contributed by atoms with Crippen LogP contribution in [0.4, 0.5) is 4.79 Å². The summed E-state index contributed by atoms with van der Waals surface area (Å²) in [5, 5.41) is 23.7. The topological polar surface area (TPSA) is 101 Å². The van der Waals surface area contributed by atoms with E-state index < -0.39 is 6.10 Å². The lowest BCUT2D eigenvalue weighted by atomic mass is 10.2. The number of nitrogens with one attached hydrogen (secondary N) is 2. The highest BCUT2D eigenvalue weighted by Crippen LogP contribution is 2.14. The molecule has 0 bridgehead atoms. The Hall–Kier alpha value is -1.67. The van der Waals surface area contributed by atoms with Gasteiger partial charge in [-0.2, -0.15) is 0 Å². The van der Waals surface area contributed by atoms with Crippen LogP contribution in [0.3, 0.4) is 0 Å². The summed E-state index contributed by atoms with van der Waals surface area (Å²) in [6.07, 6.45) is 4.49. The zero-order valence-corrected chi connectivity index (χ0v) is 15.3. The predicted octanol–water partition coefficient (Wildman–Crippen LogP) is 0.880. The highest BCUT2D eigenvalue weighted by Gasteiger charge is 2.14. The van der Waals surface area contributed by atoms with E-state index in [0.29, 0.717) is 25.5 Å². The Labute approximate surface area is 149 Å². The molecule has 8 nitrogen and oxygen atoms in total. The molecule has 0 saturated carbocycles. The molecule has 0 aliphatic carbocycles. The van der Waals surface area contributed by atoms with Crippen LogP contribution in [0, 0.1) is 5.92 Å². The third-order valence-electron chi connectivity index (χ3n) is 4.08. The number of urea groups is 1. The van der Waals surface area contributed by atoms with Gasteiger partial charge >= 0.3 is 6.03 Å². The maximum atomic E-state index is 11.8. The van der Waals surface area contributed by atoms with Crippen LogP contribution in [0.5, 0.6) is 0 Å². The molecule has 1 aliphatic rings. The van der Waals surface area contributed by atoms with E-state index in [0.717, 1.165) is 31.0 Å². The van der Waals surface area contributed by atoms with E-state index >= 15 is 0 Å². The molecule has 3 N–H and O–H groups in total. The number of fused-ring (bicyclic) bond motifs is 1. The van der Waals surface area contributed by atoms with E-state index in [4.69, 9.17) is 4.74 Å². The van der Waals surface area contributed by atoms with Crippen molar-refractivity contribution in [2.24, 2.45) is 5.92 Å². The molecule has 0 fully saturated rings. The van der Waals surface area contributed by atoms with Gasteiger partial charge in [-0.05, 0) is 18.8 Å². The van der Waals surface area contributed by atoms with Crippen molar-refractivity contribution in [2.45, 2.75) is 58.6 Å². The average molecular weight is 353 g/mol. The van der Waals surface area contributed by atoms with Crippen molar-refractivity contribution in [1.82, 2.24) is 25.4 Å². The molecule has 0 unspecified atom stereocenters. The number of amides is 2. The maximum absolute atomic E-state index is 11.8. The monoisotopic (exact) mass is 353 g/mol. The van der Waals surface area contributed by atoms with Crippen LogP contribution in [0.15, 0.2) is 0 Å². The van der Waals surface area contributed by atoms with Crippen molar-refractivity contribution in [3.8, 4) is 0 Å². The second-order valence-electron chi connectivity index (χ2n) is 6.97. The fraction of sp³-hybridized carbons (Fsp3) is 0.824. The largest absolute Gasteiger partial charge is 0.389 e. The first-order valence-electron chi connectivity index (χ1n) is 9.24. The summed E-state index contributed by atoms with van der Waals surface area (Å²) >= 11 is 0. The predicted molar refractivity (Wildman–Crippen MR) is 94.3 cm³/mol. The second-order valence-corrected chi connectivity index (χ2v) is 6.97. The molecule has 1 aliphatic heterocycles. The maximum Gasteiger partial charge on any atom is 0.314 e. The van der Waals surface area contributed by atoms with Crippen molar-refractivity contribution in [2.75, 3.05) is 26.3 Å². The van der Waals surface area contributed by atoms with Gasteiger partial charge in [-0.3, -0.25) is 0 Å². The van der Waals surface area contributed by atoms with Gasteiger partial charge in [0.1, 0.15) is 11.6 Å². The molecule has 2 amide bonds. The van der Waals surface area contributed by atoms with Crippen LogP contribution >= 0.6 is 0 Å². The number of nitrogens with zero attached hydrogens (tertiary/aromatic N) is 3. The number of aryl methyl sites for hydroxylation is 1. The van der Waals surface area contributed by atoms with Crippen molar-refractivity contribution in [1.29, 1.82) is 0 Å². The van der Waals surface area contributed by atoms with Crippen LogP contribution in [-0.2, 0) is 24.1 Å². The number of ether oxygens (including phenoxy) is 1. The standard InChI is InChI=1S/C17H31N5O3/c1-13(2)11-25-12-14(23)10-19-17(24)18-8-7-16-21-20-15-6-4-3-5-9-22(15)16/h13-14,23H,3-12H2,1-2H3,(H2,18,19,24)/t14-/m1/s1. The van der Waals surface area contributed by atoms with Crippen LogP contribution < -0.4 is 10.6 Å². The summed E-state index contributed by atoms with van der Waals surface area (Å²) in [7, 11) is 0. The average Bonchev–Trinajstić information content (AvgIpc) is 2.79. The van der Waals surface area contributed by atoms with Crippen LogP contribution in [0.1, 0.15) is 44.8 Å². The lowest BCUT2D eigenvalue weighted by Crippen LogP contribution is -2.41. The molecule has 25 heavy (non-hydrogen) atoms. The SMILES string of the molecule is CC(C)COC[C@H](O)CNC(=O)NCCc1nnc2n1CCCCC2. The number of carbonyl (C=O) groups is 1. The van der Waals surface area contributed by atoms with Crippen molar-refractivity contribution < 1.29 is 14.6 Å². The van der Waals surface area contributed by atoms with Crippen LogP contribution in [0.2, 0.25) is 0 Å². The molecule has 0 aromatic carbocycles. The Morgan fingerprint density at radius 3 is 2.88 bits per heavy atom. The molecule has 0 radical (unpaired) electrons. The minimum Gasteiger partial charge on any atom is -0.389 e. The smallest absolute Gasteiger partial charge is 0.314 e. The highest BCUT2D eigenvalue weighted by molar-refractivity contribution is 5.73. The Balaban J connectivity index is 1.62. The third-order valence-corrected chi connectivity index (χ3v) is 4.08. The number of hydrogen-bond donors (Lipinski definition) is 3. The van der Waals surface area contributed by atoms with Crippen LogP contribution in [0.25, 0.3) is 0 Å². The van der Waals surface area contributed by atoms with E-state index in [1.165, 1.54) is 12.8 Å². The Bertz CT molecular complexity index is 532. The van der Waals surface area contributed by atoms with Crippen LogP contribution in [-0.4, -0.2) is 58.3 Å². The minimum absolute atomic E-state index is 0.171. The Morgan fingerprint density at radius 1 is 1.24 bits per heavy atom. The van der Waals surface area contributed by atoms with Crippen molar-refractivity contribution in [3.63, 3.8) is 0 Å². The summed E-state index contributed by atoms with van der Waals surface area (Å²) in [6.45, 7) is 6.55. The summed E-state index contributed by atoms with van der Waals surface area (Å²) < 4.78 is 7.53. The van der Waals surface area contributed by atoms with E-state index in [1.54, 1.807) is 0 Å². The minimum atomic E-state index is -0.697. The lowest BCUT2D eigenvalue weighted by molar-refractivity contribution is 0.0273. The quantitative estimate of drug-likeness (QED) is 0.612. The Morgan fingerprint density at radius 2 is 2.08 bits per heavy atom. The third kappa shape index (κ3) is 6.99. The first kappa shape index (κ1) is 19.7. The number of rotatable bonds is 9. The zero-order valence-electron chi connectivity index (χ0n) is 15.3. The van der Waals surface area contributed by atoms with Gasteiger partial charge in [0.05, 0.1) is 12.7 Å². The summed E-state index contributed by atoms with van der Waals surface area (Å²) in [5.41, 5.74) is 0. The van der Waals surface area contributed by atoms with Gasteiger partial charge in [0.15, 0.2) is 0 Å². The summed E-state index contributed by atoms with van der Waals surface area (Å²) in [5.74, 6) is 2.41. The first-order chi connectivity index (χ1) is 12.1. The fourth-order valence-corrected chi connectivity index (χ4v) is 2.79. The van der Waals surface area contributed by atoms with E-state index in [9.17, 15) is 9.90 Å². The first-order valence-corrected chi connectivity index (χ1v) is 9.24. The zero-order chi connectivity index (χ0) is 18.1. The molecule has 1 aromatic rings. The van der Waals surface area contributed by atoms with E-state index in [-0.39, 0.29) is 19.2 Å². The van der Waals surface area contributed by atoms with Crippen molar-refractivity contribution in [3.05, 3.63) is 11.6 Å². The normalized spacial score (nSPS) is 15.5. The fourth-order valence-electron chi connectivity index (χ4n) is 2.79. The molecular formula is C17H31N5O3.